The van der Waals surface area contributed by atoms with Gasteiger partial charge in [0.25, 0.3) is 0 Å². The highest BCUT2D eigenvalue weighted by atomic mass is 79.9. The average Bonchev–Trinajstić information content (AvgIpc) is 2.26. The van der Waals surface area contributed by atoms with Gasteiger partial charge < -0.3 is 9.84 Å². The third kappa shape index (κ3) is 4.90. The van der Waals surface area contributed by atoms with E-state index in [4.69, 9.17) is 9.84 Å². The molecule has 0 saturated carbocycles. The number of amides is 1. The van der Waals surface area contributed by atoms with E-state index < -0.39 is 40.7 Å². The van der Waals surface area contributed by atoms with Crippen molar-refractivity contribution in [3.8, 4) is 0 Å². The van der Waals surface area contributed by atoms with Crippen molar-refractivity contribution in [1.82, 2.24) is 0 Å². The van der Waals surface area contributed by atoms with Crippen LogP contribution in [0.3, 0.4) is 0 Å². The lowest BCUT2D eigenvalue weighted by molar-refractivity contribution is -0.137. The van der Waals surface area contributed by atoms with Gasteiger partial charge in [-0.05, 0) is 32.9 Å². The Morgan fingerprint density at radius 1 is 1.23 bits per heavy atom. The number of alkyl halides is 3. The average molecular weight is 384 g/mol. The molecule has 0 bridgehead atoms. The molecule has 122 valence electrons. The second-order valence-corrected chi connectivity index (χ2v) is 6.22. The number of carboxylic acids is 1. The summed E-state index contributed by atoms with van der Waals surface area (Å²) < 4.78 is 43.9. The largest absolute Gasteiger partial charge is 0.478 e. The Balaban J connectivity index is 3.37. The summed E-state index contributed by atoms with van der Waals surface area (Å²) in [6.45, 7) is 4.57. The molecule has 5 nitrogen and oxygen atoms in total. The highest BCUT2D eigenvalue weighted by Crippen LogP contribution is 2.39. The van der Waals surface area contributed by atoms with Gasteiger partial charge in [0.15, 0.2) is 0 Å². The van der Waals surface area contributed by atoms with E-state index in [0.29, 0.717) is 6.07 Å². The molecule has 0 aliphatic heterocycles. The van der Waals surface area contributed by atoms with E-state index in [1.54, 1.807) is 0 Å². The number of anilines is 1. The van der Waals surface area contributed by atoms with Crippen LogP contribution in [0.5, 0.6) is 0 Å². The van der Waals surface area contributed by atoms with Gasteiger partial charge in [-0.1, -0.05) is 15.9 Å². The lowest BCUT2D eigenvalue weighted by atomic mass is 10.1. The van der Waals surface area contributed by atoms with Crippen LogP contribution >= 0.6 is 15.9 Å². The molecule has 0 aliphatic carbocycles. The SMILES string of the molecule is CC(C)(C)OC(=O)Nc1c(C(=O)O)cc(Br)cc1C(F)(F)F. The molecule has 2 N–H and O–H groups in total. The van der Waals surface area contributed by atoms with Crippen molar-refractivity contribution in [3.05, 3.63) is 27.7 Å². The molecule has 0 saturated heterocycles. The van der Waals surface area contributed by atoms with Gasteiger partial charge in [-0.3, -0.25) is 5.32 Å². The van der Waals surface area contributed by atoms with Crippen molar-refractivity contribution in [1.29, 1.82) is 0 Å². The maximum Gasteiger partial charge on any atom is 0.418 e. The molecule has 0 spiro atoms. The van der Waals surface area contributed by atoms with Gasteiger partial charge in [0.05, 0.1) is 16.8 Å². The highest BCUT2D eigenvalue weighted by Gasteiger charge is 2.37. The molecular formula is C13H13BrF3NO4. The number of carboxylic acid groups (broad SMARTS) is 1. The van der Waals surface area contributed by atoms with Gasteiger partial charge in [-0.2, -0.15) is 13.2 Å². The van der Waals surface area contributed by atoms with E-state index in [1.165, 1.54) is 20.8 Å². The molecule has 1 aromatic rings. The van der Waals surface area contributed by atoms with Crippen LogP contribution in [0.4, 0.5) is 23.7 Å². The second kappa shape index (κ2) is 6.15. The predicted molar refractivity (Wildman–Crippen MR) is 76.0 cm³/mol. The summed E-state index contributed by atoms with van der Waals surface area (Å²) in [7, 11) is 0. The Bertz CT molecular complexity index is 609. The fourth-order valence-corrected chi connectivity index (χ4v) is 2.00. The van der Waals surface area contributed by atoms with Gasteiger partial charge in [0.1, 0.15) is 5.60 Å². The molecule has 1 amide bonds. The van der Waals surface area contributed by atoms with Crippen molar-refractivity contribution in [3.63, 3.8) is 0 Å². The number of hydrogen-bond donors (Lipinski definition) is 2. The number of ether oxygens (including phenoxy) is 1. The van der Waals surface area contributed by atoms with E-state index in [1.807, 2.05) is 5.32 Å². The Morgan fingerprint density at radius 2 is 1.77 bits per heavy atom. The first-order valence-corrected chi connectivity index (χ1v) is 6.74. The normalized spacial score (nSPS) is 12.0. The molecule has 0 fully saturated rings. The third-order valence-electron chi connectivity index (χ3n) is 2.26. The number of hydrogen-bond acceptors (Lipinski definition) is 3. The fraction of sp³-hybridized carbons (Fsp3) is 0.385. The summed E-state index contributed by atoms with van der Waals surface area (Å²) in [5, 5.41) is 10.9. The summed E-state index contributed by atoms with van der Waals surface area (Å²) in [5.74, 6) is -1.61. The van der Waals surface area contributed by atoms with E-state index in [-0.39, 0.29) is 4.47 Å². The second-order valence-electron chi connectivity index (χ2n) is 5.31. The molecule has 1 rings (SSSR count). The summed E-state index contributed by atoms with van der Waals surface area (Å²) in [4.78, 5) is 22.8. The van der Waals surface area contributed by atoms with Crippen LogP contribution in [-0.2, 0) is 10.9 Å². The lowest BCUT2D eigenvalue weighted by Gasteiger charge is -2.22. The van der Waals surface area contributed by atoms with E-state index >= 15 is 0 Å². The quantitative estimate of drug-likeness (QED) is 0.787. The van der Waals surface area contributed by atoms with Crippen LogP contribution in [0.15, 0.2) is 16.6 Å². The number of halogens is 4. The van der Waals surface area contributed by atoms with Crippen molar-refractivity contribution >= 4 is 33.7 Å². The Morgan fingerprint density at radius 3 is 2.18 bits per heavy atom. The van der Waals surface area contributed by atoms with Crippen LogP contribution < -0.4 is 5.32 Å². The molecule has 0 aliphatic rings. The first-order valence-electron chi connectivity index (χ1n) is 5.95. The van der Waals surface area contributed by atoms with Crippen molar-refractivity contribution in [2.24, 2.45) is 0 Å². The van der Waals surface area contributed by atoms with Gasteiger partial charge >= 0.3 is 18.2 Å². The fourth-order valence-electron chi connectivity index (χ4n) is 1.54. The number of aromatic carboxylic acids is 1. The minimum absolute atomic E-state index is 0.0769. The number of carbonyl (C=O) groups is 2. The smallest absolute Gasteiger partial charge is 0.418 e. The molecule has 0 unspecified atom stereocenters. The zero-order valence-corrected chi connectivity index (χ0v) is 13.4. The maximum absolute atomic E-state index is 13.1. The minimum atomic E-state index is -4.85. The van der Waals surface area contributed by atoms with Gasteiger partial charge in [0.2, 0.25) is 0 Å². The Hall–Kier alpha value is -1.77. The first kappa shape index (κ1) is 18.3. The molecule has 0 atom stereocenters. The summed E-state index contributed by atoms with van der Waals surface area (Å²) >= 11 is 2.82. The molecule has 0 heterocycles. The van der Waals surface area contributed by atoms with Gasteiger partial charge in [-0.25, -0.2) is 9.59 Å². The number of nitrogens with one attached hydrogen (secondary N) is 1. The standard InChI is InChI=1S/C13H13BrF3NO4/c1-12(2,3)22-11(21)18-9-7(10(19)20)4-6(14)5-8(9)13(15,16)17/h4-5H,1-3H3,(H,18,21)(H,19,20). The zero-order chi connectivity index (χ0) is 17.3. The number of benzene rings is 1. The van der Waals surface area contributed by atoms with Gasteiger partial charge in [-0.15, -0.1) is 0 Å². The van der Waals surface area contributed by atoms with Crippen LogP contribution in [0.2, 0.25) is 0 Å². The highest BCUT2D eigenvalue weighted by molar-refractivity contribution is 9.10. The molecule has 0 aromatic heterocycles. The molecule has 1 aromatic carbocycles. The lowest BCUT2D eigenvalue weighted by Crippen LogP contribution is -2.28. The van der Waals surface area contributed by atoms with Crippen molar-refractivity contribution in [2.75, 3.05) is 5.32 Å². The summed E-state index contributed by atoms with van der Waals surface area (Å²) in [6.07, 6.45) is -6.03. The molecular weight excluding hydrogens is 371 g/mol. The predicted octanol–water partition coefficient (Wildman–Crippen LogP) is 4.51. The number of carbonyl (C=O) groups excluding carboxylic acids is 1. The van der Waals surface area contributed by atoms with E-state index in [2.05, 4.69) is 15.9 Å². The number of rotatable bonds is 2. The molecule has 9 heteroatoms. The van der Waals surface area contributed by atoms with E-state index in [0.717, 1.165) is 6.07 Å². The van der Waals surface area contributed by atoms with Crippen LogP contribution in [0, 0.1) is 0 Å². The van der Waals surface area contributed by atoms with Crippen molar-refractivity contribution < 1.29 is 32.6 Å². The Labute approximate surface area is 132 Å². The van der Waals surface area contributed by atoms with Crippen LogP contribution in [-0.4, -0.2) is 22.8 Å². The zero-order valence-electron chi connectivity index (χ0n) is 11.8. The summed E-state index contributed by atoms with van der Waals surface area (Å²) in [5.41, 5.74) is -3.79. The molecule has 0 radical (unpaired) electrons. The minimum Gasteiger partial charge on any atom is -0.478 e. The first-order chi connectivity index (χ1) is 9.81. The van der Waals surface area contributed by atoms with Crippen LogP contribution in [0.1, 0.15) is 36.7 Å². The maximum atomic E-state index is 13.1. The summed E-state index contributed by atoms with van der Waals surface area (Å²) in [6, 6.07) is 1.64. The molecule has 22 heavy (non-hydrogen) atoms. The Kier molecular flexibility index (Phi) is 5.11. The van der Waals surface area contributed by atoms with Crippen molar-refractivity contribution in [2.45, 2.75) is 32.5 Å². The third-order valence-corrected chi connectivity index (χ3v) is 2.72. The monoisotopic (exact) mass is 383 g/mol. The van der Waals surface area contributed by atoms with E-state index in [9.17, 15) is 22.8 Å². The topological polar surface area (TPSA) is 75.6 Å². The van der Waals surface area contributed by atoms with Gasteiger partial charge in [0, 0.05) is 4.47 Å². The van der Waals surface area contributed by atoms with Crippen LogP contribution in [0.25, 0.3) is 0 Å².